The number of amides is 2. The SMILES string of the molecule is COc1ccc(-c2ccnc(N3CCN(C(=O)Nc4ccc(OS(N)(=O)=O)cc4)CC3)n2)cc1. The molecule has 0 atom stereocenters. The maximum atomic E-state index is 12.6. The van der Waals surface area contributed by atoms with Crippen molar-refractivity contribution in [1.29, 1.82) is 0 Å². The Bertz CT molecular complexity index is 1240. The molecule has 1 aromatic heterocycles. The number of rotatable bonds is 6. The Balaban J connectivity index is 1.33. The molecular formula is C22H24N6O5S. The molecule has 4 rings (SSSR count). The second-order valence-corrected chi connectivity index (χ2v) is 8.63. The minimum absolute atomic E-state index is 0.0611. The lowest BCUT2D eigenvalue weighted by Crippen LogP contribution is -2.50. The molecule has 3 aromatic rings. The molecule has 3 N–H and O–H groups in total. The third kappa shape index (κ3) is 5.91. The van der Waals surface area contributed by atoms with E-state index in [9.17, 15) is 13.2 Å². The Morgan fingerprint density at radius 3 is 2.24 bits per heavy atom. The van der Waals surface area contributed by atoms with Crippen LogP contribution in [0, 0.1) is 0 Å². The first-order valence-electron chi connectivity index (χ1n) is 10.4. The predicted octanol–water partition coefficient (Wildman–Crippen LogP) is 2.09. The maximum absolute atomic E-state index is 12.6. The van der Waals surface area contributed by atoms with E-state index in [2.05, 4.69) is 19.5 Å². The van der Waals surface area contributed by atoms with Crippen molar-refractivity contribution >= 4 is 28.0 Å². The Labute approximate surface area is 197 Å². The van der Waals surface area contributed by atoms with Gasteiger partial charge in [0.15, 0.2) is 0 Å². The number of hydrogen-bond acceptors (Lipinski definition) is 8. The van der Waals surface area contributed by atoms with E-state index in [1.54, 1.807) is 18.2 Å². The Kier molecular flexibility index (Phi) is 6.80. The number of piperazine rings is 1. The summed E-state index contributed by atoms with van der Waals surface area (Å²) < 4.78 is 31.7. The zero-order chi connectivity index (χ0) is 24.1. The molecular weight excluding hydrogens is 460 g/mol. The Morgan fingerprint density at radius 2 is 1.62 bits per heavy atom. The van der Waals surface area contributed by atoms with Crippen LogP contribution in [0.3, 0.4) is 0 Å². The highest BCUT2D eigenvalue weighted by atomic mass is 32.2. The number of anilines is 2. The van der Waals surface area contributed by atoms with Crippen LogP contribution in [0.2, 0.25) is 0 Å². The second kappa shape index (κ2) is 9.93. The molecule has 1 aliphatic rings. The van der Waals surface area contributed by atoms with Gasteiger partial charge < -0.3 is 24.0 Å². The van der Waals surface area contributed by atoms with Crippen LogP contribution in [-0.4, -0.2) is 62.6 Å². The molecule has 1 aliphatic heterocycles. The summed E-state index contributed by atoms with van der Waals surface area (Å²) >= 11 is 0. The van der Waals surface area contributed by atoms with Crippen molar-refractivity contribution in [3.05, 3.63) is 60.8 Å². The Hall–Kier alpha value is -3.90. The van der Waals surface area contributed by atoms with Crippen LogP contribution in [0.25, 0.3) is 11.3 Å². The largest absolute Gasteiger partial charge is 0.497 e. The zero-order valence-electron chi connectivity index (χ0n) is 18.4. The fraction of sp³-hybridized carbons (Fsp3) is 0.227. The van der Waals surface area contributed by atoms with Gasteiger partial charge in [0.25, 0.3) is 0 Å². The van der Waals surface area contributed by atoms with Crippen molar-refractivity contribution < 1.29 is 22.1 Å². The molecule has 11 nitrogen and oxygen atoms in total. The van der Waals surface area contributed by atoms with Crippen molar-refractivity contribution in [3.8, 4) is 22.8 Å². The van der Waals surface area contributed by atoms with Crippen LogP contribution < -0.4 is 24.3 Å². The van der Waals surface area contributed by atoms with Crippen molar-refractivity contribution in [2.45, 2.75) is 0 Å². The van der Waals surface area contributed by atoms with E-state index in [1.807, 2.05) is 35.2 Å². The first-order valence-corrected chi connectivity index (χ1v) is 11.9. The molecule has 1 fully saturated rings. The standard InChI is InChI=1S/C22H24N6O5S/c1-32-18-6-2-16(3-7-18)20-10-11-24-21(26-20)27-12-14-28(15-13-27)22(29)25-17-4-8-19(9-5-17)33-34(23,30)31/h2-11H,12-15H2,1H3,(H,25,29)(H2,23,30,31). The van der Waals surface area contributed by atoms with E-state index < -0.39 is 10.3 Å². The first-order chi connectivity index (χ1) is 16.3. The summed E-state index contributed by atoms with van der Waals surface area (Å²) in [7, 11) is -2.47. The Morgan fingerprint density at radius 1 is 0.971 bits per heavy atom. The normalized spacial score (nSPS) is 13.9. The minimum Gasteiger partial charge on any atom is -0.497 e. The molecule has 1 saturated heterocycles. The van der Waals surface area contributed by atoms with Crippen LogP contribution >= 0.6 is 0 Å². The van der Waals surface area contributed by atoms with Gasteiger partial charge in [-0.15, -0.1) is 0 Å². The van der Waals surface area contributed by atoms with E-state index in [0.717, 1.165) is 17.0 Å². The molecule has 2 aromatic carbocycles. The van der Waals surface area contributed by atoms with Crippen molar-refractivity contribution in [2.24, 2.45) is 5.14 Å². The average Bonchev–Trinajstić information content (AvgIpc) is 2.84. The van der Waals surface area contributed by atoms with Crippen molar-refractivity contribution in [1.82, 2.24) is 14.9 Å². The number of benzene rings is 2. The molecule has 0 radical (unpaired) electrons. The highest BCUT2D eigenvalue weighted by Gasteiger charge is 2.23. The summed E-state index contributed by atoms with van der Waals surface area (Å²) in [6.45, 7) is 2.16. The fourth-order valence-electron chi connectivity index (χ4n) is 3.46. The molecule has 178 valence electrons. The van der Waals surface area contributed by atoms with Crippen LogP contribution in [0.15, 0.2) is 60.8 Å². The number of carbonyl (C=O) groups is 1. The van der Waals surface area contributed by atoms with Crippen LogP contribution in [-0.2, 0) is 10.3 Å². The molecule has 0 aliphatic carbocycles. The number of nitrogens with two attached hydrogens (primary N) is 1. The minimum atomic E-state index is -4.10. The zero-order valence-corrected chi connectivity index (χ0v) is 19.2. The molecule has 0 unspecified atom stereocenters. The summed E-state index contributed by atoms with van der Waals surface area (Å²) in [5, 5.41) is 7.63. The van der Waals surface area contributed by atoms with Gasteiger partial charge in [-0.2, -0.15) is 13.6 Å². The summed E-state index contributed by atoms with van der Waals surface area (Å²) in [5.41, 5.74) is 2.27. The third-order valence-corrected chi connectivity index (χ3v) is 5.62. The van der Waals surface area contributed by atoms with E-state index >= 15 is 0 Å². The number of nitrogens with zero attached hydrogens (tertiary/aromatic N) is 4. The second-order valence-electron chi connectivity index (χ2n) is 7.48. The number of aromatic nitrogens is 2. The lowest BCUT2D eigenvalue weighted by molar-refractivity contribution is 0.208. The molecule has 2 amide bonds. The number of urea groups is 1. The van der Waals surface area contributed by atoms with Crippen LogP contribution in [0.5, 0.6) is 11.5 Å². The van der Waals surface area contributed by atoms with Gasteiger partial charge in [0.05, 0.1) is 12.8 Å². The number of ether oxygens (including phenoxy) is 1. The van der Waals surface area contributed by atoms with E-state index in [1.165, 1.54) is 24.3 Å². The monoisotopic (exact) mass is 484 g/mol. The smallest absolute Gasteiger partial charge is 0.380 e. The van der Waals surface area contributed by atoms with Gasteiger partial charge in [0.1, 0.15) is 11.5 Å². The topological polar surface area (TPSA) is 140 Å². The first kappa shape index (κ1) is 23.3. The van der Waals surface area contributed by atoms with Gasteiger partial charge in [-0.25, -0.2) is 14.8 Å². The predicted molar refractivity (Wildman–Crippen MR) is 127 cm³/mol. The van der Waals surface area contributed by atoms with Gasteiger partial charge >= 0.3 is 16.3 Å². The molecule has 0 bridgehead atoms. The highest BCUT2D eigenvalue weighted by molar-refractivity contribution is 7.84. The summed E-state index contributed by atoms with van der Waals surface area (Å²) in [6.07, 6.45) is 1.73. The van der Waals surface area contributed by atoms with Gasteiger partial charge in [-0.3, -0.25) is 0 Å². The molecule has 34 heavy (non-hydrogen) atoms. The number of carbonyl (C=O) groups excluding carboxylic acids is 1. The molecule has 2 heterocycles. The van der Waals surface area contributed by atoms with Crippen molar-refractivity contribution in [3.63, 3.8) is 0 Å². The number of nitrogens with one attached hydrogen (secondary N) is 1. The summed E-state index contributed by atoms with van der Waals surface area (Å²) in [6, 6.07) is 15.1. The summed E-state index contributed by atoms with van der Waals surface area (Å²) in [4.78, 5) is 25.4. The van der Waals surface area contributed by atoms with Crippen LogP contribution in [0.1, 0.15) is 0 Å². The summed E-state index contributed by atoms with van der Waals surface area (Å²) in [5.74, 6) is 1.45. The molecule has 0 spiro atoms. The van der Waals surface area contributed by atoms with E-state index in [-0.39, 0.29) is 11.8 Å². The lowest BCUT2D eigenvalue weighted by atomic mass is 10.1. The number of hydrogen-bond donors (Lipinski definition) is 2. The average molecular weight is 485 g/mol. The lowest BCUT2D eigenvalue weighted by Gasteiger charge is -2.34. The number of methoxy groups -OCH3 is 1. The van der Waals surface area contributed by atoms with E-state index in [4.69, 9.17) is 9.88 Å². The van der Waals surface area contributed by atoms with Crippen LogP contribution in [0.4, 0.5) is 16.4 Å². The molecule has 0 saturated carbocycles. The molecule has 12 heteroatoms. The quantitative estimate of drug-likeness (QED) is 0.542. The van der Waals surface area contributed by atoms with Crippen molar-refractivity contribution in [2.75, 3.05) is 43.5 Å². The third-order valence-electron chi connectivity index (χ3n) is 5.20. The van der Waals surface area contributed by atoms with E-state index in [0.29, 0.717) is 37.8 Å². The highest BCUT2D eigenvalue weighted by Crippen LogP contribution is 2.23. The van der Waals surface area contributed by atoms with Gasteiger partial charge in [-0.05, 0) is 54.6 Å². The van der Waals surface area contributed by atoms with Gasteiger partial charge in [0.2, 0.25) is 5.95 Å². The maximum Gasteiger partial charge on any atom is 0.380 e. The van der Waals surface area contributed by atoms with Gasteiger partial charge in [-0.1, -0.05) is 0 Å². The van der Waals surface area contributed by atoms with Gasteiger partial charge in [0, 0.05) is 43.6 Å². The fourth-order valence-corrected chi connectivity index (χ4v) is 3.84.